The number of aromatic nitrogens is 3. The molecule has 0 N–H and O–H groups in total. The lowest BCUT2D eigenvalue weighted by Gasteiger charge is -2.15. The number of carbonyl (C=O) groups excluding carboxylic acids is 1. The molecule has 0 fully saturated rings. The first kappa shape index (κ1) is 34.0. The molecule has 1 unspecified atom stereocenters. The largest absolute Gasteiger partial charge is 0.481 e. The second-order valence-electron chi connectivity index (χ2n) is 11.3. The smallest absolute Gasteiger partial charge is 0.431 e. The maximum absolute atomic E-state index is 13.3. The van der Waals surface area contributed by atoms with E-state index >= 15 is 0 Å². The summed E-state index contributed by atoms with van der Waals surface area (Å²) in [7, 11) is 0.967. The predicted octanol–water partition coefficient (Wildman–Crippen LogP) is 7.59. The molecule has 8 nitrogen and oxygen atoms in total. The Hall–Kier alpha value is -3.93. The molecule has 4 rings (SSSR count). The normalized spacial score (nSPS) is 12.4. The van der Waals surface area contributed by atoms with Crippen molar-refractivity contribution in [3.05, 3.63) is 74.6 Å². The van der Waals surface area contributed by atoms with Crippen LogP contribution in [0.2, 0.25) is 0 Å². The quantitative estimate of drug-likeness (QED) is 0.104. The van der Waals surface area contributed by atoms with E-state index in [0.717, 1.165) is 36.6 Å². The van der Waals surface area contributed by atoms with Gasteiger partial charge in [-0.3, -0.25) is 9.36 Å². The second kappa shape index (κ2) is 14.9. The molecule has 12 heteroatoms. The minimum absolute atomic E-state index is 0.0944. The van der Waals surface area contributed by atoms with Crippen molar-refractivity contribution >= 4 is 27.6 Å². The van der Waals surface area contributed by atoms with Gasteiger partial charge in [0.1, 0.15) is 11.4 Å². The van der Waals surface area contributed by atoms with Gasteiger partial charge in [-0.05, 0) is 68.6 Å². The van der Waals surface area contributed by atoms with Crippen LogP contribution >= 0.6 is 11.5 Å². The molecule has 0 aliphatic carbocycles. The number of nitrogens with zero attached hydrogens (tertiary/aromatic N) is 3. The highest BCUT2D eigenvalue weighted by atomic mass is 32.1. The molecule has 2 aromatic carbocycles. The van der Waals surface area contributed by atoms with Gasteiger partial charge in [-0.15, -0.1) is 0 Å². The molecule has 0 spiro atoms. The van der Waals surface area contributed by atoms with Crippen LogP contribution < -0.4 is 16.0 Å². The molecule has 45 heavy (non-hydrogen) atoms. The van der Waals surface area contributed by atoms with E-state index in [9.17, 15) is 27.6 Å². The minimum Gasteiger partial charge on any atom is -0.481 e. The van der Waals surface area contributed by atoms with Gasteiger partial charge in [0.25, 0.3) is 5.56 Å². The number of ether oxygens (including phenoxy) is 2. The highest BCUT2D eigenvalue weighted by Gasteiger charge is 2.35. The maximum atomic E-state index is 13.3. The van der Waals surface area contributed by atoms with Gasteiger partial charge in [0.2, 0.25) is 0 Å². The van der Waals surface area contributed by atoms with E-state index < -0.39 is 29.1 Å². The van der Waals surface area contributed by atoms with E-state index in [0.29, 0.717) is 37.6 Å². The van der Waals surface area contributed by atoms with Crippen molar-refractivity contribution in [2.24, 2.45) is 7.05 Å². The third-order valence-corrected chi connectivity index (χ3v) is 8.43. The Morgan fingerprint density at radius 1 is 1.00 bits per heavy atom. The van der Waals surface area contributed by atoms with Gasteiger partial charge in [-0.25, -0.2) is 14.2 Å². The van der Waals surface area contributed by atoms with Gasteiger partial charge in [0.05, 0.1) is 22.2 Å². The molecule has 0 radical (unpaired) electrons. The lowest BCUT2D eigenvalue weighted by molar-refractivity contribution is -0.151. The molecule has 0 amide bonds. The van der Waals surface area contributed by atoms with Crippen molar-refractivity contribution in [1.82, 2.24) is 13.5 Å². The van der Waals surface area contributed by atoms with Crippen LogP contribution in [0.3, 0.4) is 0 Å². The van der Waals surface area contributed by atoms with Gasteiger partial charge < -0.3 is 9.47 Å². The van der Waals surface area contributed by atoms with Crippen molar-refractivity contribution in [3.63, 3.8) is 0 Å². The van der Waals surface area contributed by atoms with Crippen LogP contribution in [0.5, 0.6) is 5.75 Å². The summed E-state index contributed by atoms with van der Waals surface area (Å²) >= 11 is 1.18. The summed E-state index contributed by atoms with van der Waals surface area (Å²) in [5, 5.41) is 0.563. The first-order chi connectivity index (χ1) is 21.4. The average Bonchev–Trinajstić information content (AvgIpc) is 3.40. The number of rotatable bonds is 14. The van der Waals surface area contributed by atoms with Crippen LogP contribution in [0.15, 0.2) is 52.1 Å². The van der Waals surface area contributed by atoms with Gasteiger partial charge in [0.15, 0.2) is 6.61 Å². The van der Waals surface area contributed by atoms with Crippen LogP contribution in [0.4, 0.5) is 13.2 Å². The summed E-state index contributed by atoms with van der Waals surface area (Å²) < 4.78 is 57.9. The third-order valence-electron chi connectivity index (χ3n) is 7.60. The average molecular weight is 646 g/mol. The predicted molar refractivity (Wildman–Crippen MR) is 169 cm³/mol. The zero-order valence-corrected chi connectivity index (χ0v) is 26.7. The summed E-state index contributed by atoms with van der Waals surface area (Å²) in [6.07, 6.45) is 3.97. The number of esters is 1. The van der Waals surface area contributed by atoms with Crippen LogP contribution in [0.1, 0.15) is 76.5 Å². The summed E-state index contributed by atoms with van der Waals surface area (Å²) in [4.78, 5) is 38.2. The lowest BCUT2D eigenvalue weighted by atomic mass is 10.0. The minimum atomic E-state index is -4.86. The van der Waals surface area contributed by atoms with Gasteiger partial charge in [-0.2, -0.15) is 17.5 Å². The summed E-state index contributed by atoms with van der Waals surface area (Å²) in [6, 6.07) is 10.5. The van der Waals surface area contributed by atoms with Crippen molar-refractivity contribution in [1.29, 1.82) is 0 Å². The number of benzene rings is 2. The van der Waals surface area contributed by atoms with Crippen LogP contribution in [0, 0.1) is 6.92 Å². The molecule has 242 valence electrons. The Balaban J connectivity index is 1.52. The number of halogens is 3. The fraction of sp³-hybridized carbons (Fsp3) is 0.455. The molecule has 0 saturated carbocycles. The molecule has 4 aromatic rings. The van der Waals surface area contributed by atoms with Crippen LogP contribution in [-0.2, 0) is 22.8 Å². The fourth-order valence-electron chi connectivity index (χ4n) is 5.19. The molecule has 0 saturated heterocycles. The summed E-state index contributed by atoms with van der Waals surface area (Å²) in [5.74, 6) is -0.0996. The first-order valence-corrected chi connectivity index (χ1v) is 15.9. The monoisotopic (exact) mass is 645 g/mol. The Morgan fingerprint density at radius 3 is 2.42 bits per heavy atom. The number of hydrogen-bond donors (Lipinski definition) is 0. The van der Waals surface area contributed by atoms with Crippen molar-refractivity contribution in [2.45, 2.75) is 84.4 Å². The highest BCUT2D eigenvalue weighted by molar-refractivity contribution is 7.13. The van der Waals surface area contributed by atoms with Gasteiger partial charge in [0, 0.05) is 24.1 Å². The van der Waals surface area contributed by atoms with E-state index in [1.54, 1.807) is 12.1 Å². The number of aryl methyl sites for hydroxylation is 1. The Labute approximate surface area is 263 Å². The van der Waals surface area contributed by atoms with E-state index in [2.05, 4.69) is 11.3 Å². The maximum Gasteiger partial charge on any atom is 0.431 e. The Morgan fingerprint density at radius 2 is 1.71 bits per heavy atom. The number of carbonyl (C=O) groups is 1. The molecule has 1 atom stereocenters. The van der Waals surface area contributed by atoms with Crippen molar-refractivity contribution in [2.75, 3.05) is 6.61 Å². The topological polar surface area (TPSA) is 92.4 Å². The van der Waals surface area contributed by atoms with Crippen LogP contribution in [0.25, 0.3) is 27.0 Å². The standard InChI is InChI=1S/C33H38F3N3O5S/c1-5-6-7-8-9-10-11-12-22(3)44-30(41)20-43-26-15-13-21(2)17-24(26)31-25-18-23(14-16-27(25)45-37-31)39-29(40)19-28(33(34,35)36)38(4)32(39)42/h13-19,22H,5-12,20H2,1-4H3. The number of hydrogen-bond acceptors (Lipinski definition) is 7. The van der Waals surface area contributed by atoms with E-state index in [1.165, 1.54) is 55.8 Å². The van der Waals surface area contributed by atoms with Crippen molar-refractivity contribution in [3.8, 4) is 22.7 Å². The number of alkyl halides is 3. The number of fused-ring (bicyclic) bond motifs is 1. The van der Waals surface area contributed by atoms with Crippen LogP contribution in [-0.4, -0.2) is 32.2 Å². The molecular formula is C33H38F3N3O5S. The lowest BCUT2D eigenvalue weighted by Crippen LogP contribution is -2.40. The third kappa shape index (κ3) is 8.42. The molecule has 2 heterocycles. The molecule has 0 bridgehead atoms. The summed E-state index contributed by atoms with van der Waals surface area (Å²) in [6.45, 7) is 5.65. The zero-order chi connectivity index (χ0) is 32.7. The summed E-state index contributed by atoms with van der Waals surface area (Å²) in [5.41, 5.74) is -1.51. The highest BCUT2D eigenvalue weighted by Crippen LogP contribution is 2.38. The zero-order valence-electron chi connectivity index (χ0n) is 25.9. The number of unbranched alkanes of at least 4 members (excludes halogenated alkanes) is 6. The Bertz CT molecular complexity index is 1760. The molecule has 0 aliphatic heterocycles. The Kier molecular flexibility index (Phi) is 11.2. The molecule has 2 aromatic heterocycles. The van der Waals surface area contributed by atoms with Gasteiger partial charge in [-0.1, -0.05) is 57.1 Å². The van der Waals surface area contributed by atoms with E-state index in [-0.39, 0.29) is 18.4 Å². The van der Waals surface area contributed by atoms with Gasteiger partial charge >= 0.3 is 17.8 Å². The molecular weight excluding hydrogens is 607 g/mol. The van der Waals surface area contributed by atoms with Crippen molar-refractivity contribution < 1.29 is 27.4 Å². The molecule has 0 aliphatic rings. The van der Waals surface area contributed by atoms with E-state index in [1.807, 2.05) is 26.0 Å². The SMILES string of the molecule is CCCCCCCCCC(C)OC(=O)COc1ccc(C)cc1-c1nsc2ccc(-n3c(=O)cc(C(F)(F)F)n(C)c3=O)cc12. The first-order valence-electron chi connectivity index (χ1n) is 15.1. The fourth-order valence-corrected chi connectivity index (χ4v) is 5.96. The van der Waals surface area contributed by atoms with E-state index in [4.69, 9.17) is 9.47 Å². The second-order valence-corrected chi connectivity index (χ2v) is 12.1.